The maximum Gasteiger partial charge on any atom is 0.280 e. The molecule has 2 aliphatic rings. The zero-order valence-electron chi connectivity index (χ0n) is 18.4. The number of nitrogens with zero attached hydrogens (tertiary/aromatic N) is 5. The number of benzene rings is 1. The second-order valence-corrected chi connectivity index (χ2v) is 9.07. The second-order valence-electron chi connectivity index (χ2n) is 8.40. The standard InChI is InChI=1S/C23H24FN6O2P/c1-13-4-3-7-32-22-16(11-25-29(22)2)17-8-14(9-20(24)26-17)21(31)28-23-27-18-10-15(33)5-6-19(18)30(23)12-13/h5-6,8-11,13H,3-4,7,12,33H2,1-2H3,(H,27,28,31)/t13-/m1/s1. The molecule has 0 saturated carbocycles. The summed E-state index contributed by atoms with van der Waals surface area (Å²) in [5.74, 6) is -0.0865. The lowest BCUT2D eigenvalue weighted by atomic mass is 10.1. The van der Waals surface area contributed by atoms with Gasteiger partial charge in [-0.1, -0.05) is 13.0 Å². The smallest absolute Gasteiger partial charge is 0.280 e. The van der Waals surface area contributed by atoms with Crippen molar-refractivity contribution in [3.05, 3.63) is 48.0 Å². The highest BCUT2D eigenvalue weighted by molar-refractivity contribution is 7.27. The summed E-state index contributed by atoms with van der Waals surface area (Å²) in [6, 6.07) is 8.62. The Morgan fingerprint density at radius 3 is 2.97 bits per heavy atom. The van der Waals surface area contributed by atoms with E-state index in [0.717, 1.165) is 35.6 Å². The highest BCUT2D eigenvalue weighted by atomic mass is 31.0. The van der Waals surface area contributed by atoms with Crippen molar-refractivity contribution in [2.75, 3.05) is 23.4 Å². The van der Waals surface area contributed by atoms with E-state index in [1.54, 1.807) is 17.9 Å². The van der Waals surface area contributed by atoms with Crippen LogP contribution < -0.4 is 20.3 Å². The van der Waals surface area contributed by atoms with Crippen LogP contribution in [0, 0.1) is 11.9 Å². The number of aromatic nitrogens is 3. The summed E-state index contributed by atoms with van der Waals surface area (Å²) in [5.41, 5.74) is 2.75. The fraction of sp³-hybridized carbons (Fsp3) is 0.304. The maximum atomic E-state index is 14.4. The number of anilines is 2. The van der Waals surface area contributed by atoms with E-state index in [1.165, 1.54) is 6.07 Å². The topological polar surface area (TPSA) is 84.6 Å². The molecular weight excluding hydrogens is 442 g/mol. The van der Waals surface area contributed by atoms with Crippen LogP contribution in [-0.4, -0.2) is 39.8 Å². The van der Waals surface area contributed by atoms with Crippen molar-refractivity contribution >= 4 is 37.8 Å². The van der Waals surface area contributed by atoms with Gasteiger partial charge in [-0.2, -0.15) is 14.5 Å². The average molecular weight is 466 g/mol. The van der Waals surface area contributed by atoms with Gasteiger partial charge in [0.15, 0.2) is 0 Å². The first-order chi connectivity index (χ1) is 15.9. The summed E-state index contributed by atoms with van der Waals surface area (Å²) < 4.78 is 22.0. The molecule has 8 nitrogen and oxygen atoms in total. The second kappa shape index (κ2) is 8.56. The van der Waals surface area contributed by atoms with Gasteiger partial charge in [0.2, 0.25) is 17.8 Å². The van der Waals surface area contributed by atoms with Crippen LogP contribution >= 0.6 is 9.24 Å². The van der Waals surface area contributed by atoms with Gasteiger partial charge >= 0.3 is 0 Å². The fourth-order valence-corrected chi connectivity index (χ4v) is 4.42. The van der Waals surface area contributed by atoms with E-state index in [0.29, 0.717) is 36.5 Å². The summed E-state index contributed by atoms with van der Waals surface area (Å²) in [5, 5.41) is 8.51. The molecule has 0 spiro atoms. The Balaban J connectivity index is 1.60. The molecule has 0 saturated heterocycles. The molecule has 2 bridgehead atoms. The Bertz CT molecular complexity index is 1270. The molecule has 0 aliphatic carbocycles. The lowest BCUT2D eigenvalue weighted by Crippen LogP contribution is -2.35. The first kappa shape index (κ1) is 21.5. The molecule has 0 radical (unpaired) electrons. The molecule has 1 aromatic carbocycles. The zero-order chi connectivity index (χ0) is 23.1. The van der Waals surface area contributed by atoms with Crippen molar-refractivity contribution < 1.29 is 13.9 Å². The van der Waals surface area contributed by atoms with E-state index in [1.807, 2.05) is 23.1 Å². The number of ether oxygens (including phenoxy) is 1. The molecule has 2 aliphatic heterocycles. The Labute approximate surface area is 193 Å². The van der Waals surface area contributed by atoms with Crippen molar-refractivity contribution in [3.8, 4) is 17.1 Å². The molecule has 1 N–H and O–H groups in total. The number of nitrogens with one attached hydrogen (secondary N) is 1. The molecule has 1 amide bonds. The summed E-state index contributed by atoms with van der Waals surface area (Å²) in [4.78, 5) is 23.5. The summed E-state index contributed by atoms with van der Waals surface area (Å²) in [6.45, 7) is 3.33. The van der Waals surface area contributed by atoms with Crippen LogP contribution in [0.25, 0.3) is 11.3 Å². The Kier molecular flexibility index (Phi) is 5.58. The molecule has 4 heterocycles. The molecule has 2 aromatic heterocycles. The number of pyridine rings is 1. The molecule has 33 heavy (non-hydrogen) atoms. The third kappa shape index (κ3) is 4.20. The van der Waals surface area contributed by atoms with E-state index in [-0.39, 0.29) is 11.3 Å². The van der Waals surface area contributed by atoms with E-state index in [2.05, 4.69) is 36.6 Å². The predicted octanol–water partition coefficient (Wildman–Crippen LogP) is 3.36. The van der Waals surface area contributed by atoms with Gasteiger partial charge in [-0.25, -0.2) is 9.67 Å². The van der Waals surface area contributed by atoms with Crippen molar-refractivity contribution in [1.29, 1.82) is 0 Å². The van der Waals surface area contributed by atoms with Gasteiger partial charge in [0.25, 0.3) is 5.91 Å². The number of hydrogen-bond acceptors (Lipinski definition) is 6. The third-order valence-electron chi connectivity index (χ3n) is 5.80. The Morgan fingerprint density at radius 2 is 2.12 bits per heavy atom. The fourth-order valence-electron chi connectivity index (χ4n) is 4.16. The Hall–Kier alpha value is -3.32. The van der Waals surface area contributed by atoms with Gasteiger partial charge in [-0.15, -0.1) is 9.24 Å². The van der Waals surface area contributed by atoms with Crippen LogP contribution in [0.4, 0.5) is 15.8 Å². The van der Waals surface area contributed by atoms with Gasteiger partial charge < -0.3 is 15.0 Å². The molecule has 2 atom stereocenters. The third-order valence-corrected chi connectivity index (χ3v) is 6.16. The minimum Gasteiger partial charge on any atom is -0.477 e. The number of halogens is 1. The van der Waals surface area contributed by atoms with Crippen molar-refractivity contribution in [2.24, 2.45) is 18.0 Å². The minimum absolute atomic E-state index is 0.104. The summed E-state index contributed by atoms with van der Waals surface area (Å²) in [7, 11) is 4.42. The number of guanidine groups is 1. The maximum absolute atomic E-state index is 14.4. The van der Waals surface area contributed by atoms with E-state index < -0.39 is 11.9 Å². The van der Waals surface area contributed by atoms with Crippen LogP contribution in [0.1, 0.15) is 30.1 Å². The zero-order valence-corrected chi connectivity index (χ0v) is 19.5. The van der Waals surface area contributed by atoms with Gasteiger partial charge in [-0.3, -0.25) is 4.79 Å². The Morgan fingerprint density at radius 1 is 1.27 bits per heavy atom. The van der Waals surface area contributed by atoms with Crippen LogP contribution in [0.15, 0.2) is 41.5 Å². The van der Waals surface area contributed by atoms with E-state index >= 15 is 0 Å². The van der Waals surface area contributed by atoms with Crippen LogP contribution in [0.3, 0.4) is 0 Å². The van der Waals surface area contributed by atoms with E-state index in [4.69, 9.17) is 4.74 Å². The largest absolute Gasteiger partial charge is 0.477 e. The number of hydrogen-bond donors (Lipinski definition) is 1. The monoisotopic (exact) mass is 466 g/mol. The molecule has 3 aromatic rings. The highest BCUT2D eigenvalue weighted by Crippen LogP contribution is 2.34. The summed E-state index contributed by atoms with van der Waals surface area (Å²) >= 11 is 0. The molecule has 5 rings (SSSR count). The lowest BCUT2D eigenvalue weighted by Gasteiger charge is -2.23. The first-order valence-electron chi connectivity index (χ1n) is 10.8. The molecule has 170 valence electrons. The number of amides is 1. The number of fused-ring (bicyclic) bond motifs is 7. The van der Waals surface area contributed by atoms with Gasteiger partial charge in [0.1, 0.15) is 0 Å². The number of aliphatic imine (C=N–C) groups is 1. The number of aryl methyl sites for hydroxylation is 1. The molecule has 0 fully saturated rings. The van der Waals surface area contributed by atoms with E-state index in [9.17, 15) is 9.18 Å². The predicted molar refractivity (Wildman–Crippen MR) is 129 cm³/mol. The number of carbonyl (C=O) groups excluding carboxylic acids is 1. The SMILES string of the molecule is C[C@@H]1CCCOc2c(cnn2C)-c2cc(cc(F)n2)C(=O)/N=C2\Nc3cc(P)ccc3N2C1. The molecule has 1 unspecified atom stereocenters. The first-order valence-corrected chi connectivity index (χ1v) is 11.4. The van der Waals surface area contributed by atoms with Crippen molar-refractivity contribution in [1.82, 2.24) is 14.8 Å². The number of rotatable bonds is 0. The minimum atomic E-state index is -0.768. The van der Waals surface area contributed by atoms with Gasteiger partial charge in [0.05, 0.1) is 35.4 Å². The van der Waals surface area contributed by atoms with Crippen LogP contribution in [0.5, 0.6) is 5.88 Å². The number of carbonyl (C=O) groups is 1. The molecular formula is C23H24FN6O2P. The summed E-state index contributed by atoms with van der Waals surface area (Å²) in [6.07, 6.45) is 3.31. The normalized spacial score (nSPS) is 19.8. The molecule has 10 heteroatoms. The lowest BCUT2D eigenvalue weighted by molar-refractivity contribution is 0.100. The van der Waals surface area contributed by atoms with Gasteiger partial charge in [-0.05, 0) is 42.3 Å². The quantitative estimate of drug-likeness (QED) is 0.404. The van der Waals surface area contributed by atoms with Crippen molar-refractivity contribution in [3.63, 3.8) is 0 Å². The van der Waals surface area contributed by atoms with Crippen LogP contribution in [-0.2, 0) is 7.05 Å². The average Bonchev–Trinajstić information content (AvgIpc) is 3.29. The van der Waals surface area contributed by atoms with Crippen molar-refractivity contribution in [2.45, 2.75) is 19.8 Å². The van der Waals surface area contributed by atoms with Gasteiger partial charge in [0, 0.05) is 25.2 Å². The highest BCUT2D eigenvalue weighted by Gasteiger charge is 2.28. The van der Waals surface area contributed by atoms with Crippen LogP contribution in [0.2, 0.25) is 0 Å².